The second-order valence-corrected chi connectivity index (χ2v) is 5.58. The van der Waals surface area contributed by atoms with Crippen molar-refractivity contribution in [3.8, 4) is 0 Å². The first-order valence-electron chi connectivity index (χ1n) is 7.31. The van der Waals surface area contributed by atoms with Gasteiger partial charge >= 0.3 is 5.97 Å². The molecule has 0 unspecified atom stereocenters. The fourth-order valence-electron chi connectivity index (χ4n) is 3.35. The summed E-state index contributed by atoms with van der Waals surface area (Å²) in [6, 6.07) is 3.42. The summed E-state index contributed by atoms with van der Waals surface area (Å²) in [6.07, 6.45) is 4.11. The lowest BCUT2D eigenvalue weighted by atomic mass is 10.1. The molecule has 1 N–H and O–H groups in total. The van der Waals surface area contributed by atoms with Gasteiger partial charge in [-0.15, -0.1) is 0 Å². The van der Waals surface area contributed by atoms with Crippen LogP contribution in [0.1, 0.15) is 25.7 Å². The van der Waals surface area contributed by atoms with Gasteiger partial charge in [0.1, 0.15) is 0 Å². The molecule has 1 aromatic heterocycles. The summed E-state index contributed by atoms with van der Waals surface area (Å²) in [7, 11) is 0. The number of anilines is 1. The molecule has 0 aromatic carbocycles. The average molecular weight is 303 g/mol. The molecule has 0 saturated carbocycles. The van der Waals surface area contributed by atoms with E-state index in [0.29, 0.717) is 19.4 Å². The summed E-state index contributed by atoms with van der Waals surface area (Å²) in [5, 5.41) is 8.69. The molecule has 7 heteroatoms. The summed E-state index contributed by atoms with van der Waals surface area (Å²) in [5.74, 6) is -1.18. The fraction of sp³-hybridized carbons (Fsp3) is 0.467. The molecule has 0 aliphatic carbocycles. The van der Waals surface area contributed by atoms with Crippen molar-refractivity contribution in [3.05, 3.63) is 24.5 Å². The number of hydrogen-bond donors (Lipinski definition) is 1. The molecule has 22 heavy (non-hydrogen) atoms. The predicted molar refractivity (Wildman–Crippen MR) is 77.1 cm³/mol. The lowest BCUT2D eigenvalue weighted by molar-refractivity contribution is -0.141. The van der Waals surface area contributed by atoms with Crippen molar-refractivity contribution >= 4 is 23.5 Å². The van der Waals surface area contributed by atoms with Gasteiger partial charge in [0.05, 0.1) is 30.4 Å². The largest absolute Gasteiger partial charge is 0.481 e. The van der Waals surface area contributed by atoms with E-state index in [9.17, 15) is 14.4 Å². The second-order valence-electron chi connectivity index (χ2n) is 5.58. The zero-order chi connectivity index (χ0) is 15.7. The third kappa shape index (κ3) is 2.54. The highest BCUT2D eigenvalue weighted by molar-refractivity contribution is 5.98. The Morgan fingerprint density at radius 1 is 1.32 bits per heavy atom. The second kappa shape index (κ2) is 5.75. The number of nitrogens with zero attached hydrogens (tertiary/aromatic N) is 3. The molecule has 1 aromatic rings. The van der Waals surface area contributed by atoms with Crippen LogP contribution in [0.15, 0.2) is 24.5 Å². The van der Waals surface area contributed by atoms with E-state index in [2.05, 4.69) is 4.98 Å². The number of pyridine rings is 1. The molecule has 7 nitrogen and oxygen atoms in total. The van der Waals surface area contributed by atoms with Crippen LogP contribution < -0.4 is 4.90 Å². The minimum Gasteiger partial charge on any atom is -0.481 e. The van der Waals surface area contributed by atoms with Crippen molar-refractivity contribution in [2.45, 2.75) is 37.8 Å². The molecule has 2 aliphatic rings. The topological polar surface area (TPSA) is 90.8 Å². The van der Waals surface area contributed by atoms with Crippen LogP contribution in [0.4, 0.5) is 5.69 Å². The van der Waals surface area contributed by atoms with Gasteiger partial charge in [-0.3, -0.25) is 19.4 Å². The van der Waals surface area contributed by atoms with Gasteiger partial charge in [-0.25, -0.2) is 0 Å². The van der Waals surface area contributed by atoms with E-state index in [-0.39, 0.29) is 36.7 Å². The first-order valence-corrected chi connectivity index (χ1v) is 7.31. The lowest BCUT2D eigenvalue weighted by Gasteiger charge is -2.25. The summed E-state index contributed by atoms with van der Waals surface area (Å²) in [5.41, 5.74) is 0.750. The van der Waals surface area contributed by atoms with E-state index < -0.39 is 5.97 Å². The Kier molecular flexibility index (Phi) is 3.79. The standard InChI is InChI=1S/C15H17N3O4/c19-13(3-4-15(21)22)17-7-5-11-12(17)8-14(20)18(11)10-2-1-6-16-9-10/h1-2,6,9,11-12H,3-5,7-8H2,(H,21,22)/t11-,12-/m0/s1. The highest BCUT2D eigenvalue weighted by atomic mass is 16.4. The van der Waals surface area contributed by atoms with Crippen molar-refractivity contribution in [1.82, 2.24) is 9.88 Å². The van der Waals surface area contributed by atoms with Gasteiger partial charge in [-0.1, -0.05) is 0 Å². The summed E-state index contributed by atoms with van der Waals surface area (Å²) in [4.78, 5) is 42.5. The molecule has 3 rings (SSSR count). The monoisotopic (exact) mass is 303 g/mol. The molecular weight excluding hydrogens is 286 g/mol. The first kappa shape index (κ1) is 14.5. The quantitative estimate of drug-likeness (QED) is 0.882. The number of amides is 2. The molecule has 0 radical (unpaired) electrons. The van der Waals surface area contributed by atoms with Crippen LogP contribution in [0.25, 0.3) is 0 Å². The van der Waals surface area contributed by atoms with Crippen LogP contribution in [0.5, 0.6) is 0 Å². The molecule has 2 amide bonds. The third-order valence-electron chi connectivity index (χ3n) is 4.29. The van der Waals surface area contributed by atoms with Gasteiger partial charge in [-0.2, -0.15) is 0 Å². The Morgan fingerprint density at radius 3 is 2.82 bits per heavy atom. The lowest BCUT2D eigenvalue weighted by Crippen LogP contribution is -2.40. The first-order chi connectivity index (χ1) is 10.6. The van der Waals surface area contributed by atoms with Crippen LogP contribution in [0, 0.1) is 0 Å². The predicted octanol–water partition coefficient (Wildman–Crippen LogP) is 0.653. The molecule has 3 heterocycles. The number of hydrogen-bond acceptors (Lipinski definition) is 4. The highest BCUT2D eigenvalue weighted by Gasteiger charge is 2.48. The van der Waals surface area contributed by atoms with Gasteiger partial charge in [0, 0.05) is 25.6 Å². The van der Waals surface area contributed by atoms with Crippen LogP contribution in [-0.2, 0) is 14.4 Å². The van der Waals surface area contributed by atoms with Crippen molar-refractivity contribution in [3.63, 3.8) is 0 Å². The molecule has 2 atom stereocenters. The van der Waals surface area contributed by atoms with Gasteiger partial charge in [0.15, 0.2) is 0 Å². The molecule has 0 spiro atoms. The number of fused-ring (bicyclic) bond motifs is 1. The number of aliphatic carboxylic acids is 1. The zero-order valence-electron chi connectivity index (χ0n) is 12.0. The SMILES string of the molecule is O=C(O)CCC(=O)N1CC[C@H]2[C@@H]1CC(=O)N2c1cccnc1. The Hall–Kier alpha value is -2.44. The van der Waals surface area contributed by atoms with E-state index in [0.717, 1.165) is 5.69 Å². The molecular formula is C15H17N3O4. The van der Waals surface area contributed by atoms with Crippen molar-refractivity contribution in [1.29, 1.82) is 0 Å². The number of likely N-dealkylation sites (tertiary alicyclic amines) is 1. The van der Waals surface area contributed by atoms with Crippen molar-refractivity contribution in [2.75, 3.05) is 11.4 Å². The van der Waals surface area contributed by atoms with Gasteiger partial charge in [0.2, 0.25) is 11.8 Å². The summed E-state index contributed by atoms with van der Waals surface area (Å²) >= 11 is 0. The van der Waals surface area contributed by atoms with Crippen molar-refractivity contribution < 1.29 is 19.5 Å². The van der Waals surface area contributed by atoms with Crippen LogP contribution in [-0.4, -0.2) is 51.4 Å². The van der Waals surface area contributed by atoms with E-state index in [1.165, 1.54) is 0 Å². The fourth-order valence-corrected chi connectivity index (χ4v) is 3.35. The number of rotatable bonds is 4. The van der Waals surface area contributed by atoms with E-state index >= 15 is 0 Å². The minimum atomic E-state index is -0.983. The summed E-state index contributed by atoms with van der Waals surface area (Å²) in [6.45, 7) is 0.567. The maximum absolute atomic E-state index is 12.3. The molecule has 2 saturated heterocycles. The Balaban J connectivity index is 1.74. The van der Waals surface area contributed by atoms with E-state index in [4.69, 9.17) is 5.11 Å². The molecule has 116 valence electrons. The smallest absolute Gasteiger partial charge is 0.303 e. The number of carboxylic acid groups (broad SMARTS) is 1. The highest BCUT2D eigenvalue weighted by Crippen LogP contribution is 2.35. The normalized spacial score (nSPS) is 23.7. The maximum Gasteiger partial charge on any atom is 0.303 e. The van der Waals surface area contributed by atoms with Gasteiger partial charge in [0.25, 0.3) is 0 Å². The Morgan fingerprint density at radius 2 is 2.14 bits per heavy atom. The number of carbonyl (C=O) groups excluding carboxylic acids is 2. The number of carboxylic acids is 1. The molecule has 2 aliphatic heterocycles. The minimum absolute atomic E-state index is 0.0142. The van der Waals surface area contributed by atoms with Gasteiger partial charge < -0.3 is 14.9 Å². The maximum atomic E-state index is 12.3. The van der Waals surface area contributed by atoms with E-state index in [1.807, 2.05) is 6.07 Å². The Labute approximate surface area is 127 Å². The molecule has 0 bridgehead atoms. The van der Waals surface area contributed by atoms with Crippen molar-refractivity contribution in [2.24, 2.45) is 0 Å². The molecule has 2 fully saturated rings. The number of aromatic nitrogens is 1. The van der Waals surface area contributed by atoms with Crippen LogP contribution in [0.3, 0.4) is 0 Å². The van der Waals surface area contributed by atoms with Crippen LogP contribution >= 0.6 is 0 Å². The third-order valence-corrected chi connectivity index (χ3v) is 4.29. The number of carbonyl (C=O) groups is 3. The van der Waals surface area contributed by atoms with E-state index in [1.54, 1.807) is 28.3 Å². The van der Waals surface area contributed by atoms with Crippen LogP contribution in [0.2, 0.25) is 0 Å². The summed E-state index contributed by atoms with van der Waals surface area (Å²) < 4.78 is 0. The Bertz CT molecular complexity index is 604. The average Bonchev–Trinajstić information content (AvgIpc) is 3.03. The zero-order valence-corrected chi connectivity index (χ0v) is 12.0. The van der Waals surface area contributed by atoms with Gasteiger partial charge in [-0.05, 0) is 18.6 Å².